The zero-order valence-corrected chi connectivity index (χ0v) is 20.5. The Morgan fingerprint density at radius 2 is 1.51 bits per heavy atom. The van der Waals surface area contributed by atoms with Crippen LogP contribution in [-0.2, 0) is 22.6 Å². The van der Waals surface area contributed by atoms with Crippen LogP contribution in [0.2, 0.25) is 0 Å². The summed E-state index contributed by atoms with van der Waals surface area (Å²) >= 11 is 0. The number of carbonyl (C=O) groups excluding carboxylic acids is 2. The van der Waals surface area contributed by atoms with Crippen LogP contribution in [-0.4, -0.2) is 43.0 Å². The molecule has 0 saturated carbocycles. The molecule has 0 bridgehead atoms. The van der Waals surface area contributed by atoms with Crippen molar-refractivity contribution >= 4 is 11.8 Å². The molecule has 1 N–H and O–H groups in total. The highest BCUT2D eigenvalue weighted by molar-refractivity contribution is 5.88. The molecule has 0 aliphatic heterocycles. The fourth-order valence-electron chi connectivity index (χ4n) is 3.73. The first-order valence-corrected chi connectivity index (χ1v) is 12.0. The summed E-state index contributed by atoms with van der Waals surface area (Å²) < 4.78 is 11.0. The van der Waals surface area contributed by atoms with E-state index >= 15 is 0 Å². The lowest BCUT2D eigenvalue weighted by Gasteiger charge is -2.31. The quantitative estimate of drug-likeness (QED) is 0.367. The second-order valence-corrected chi connectivity index (χ2v) is 8.32. The lowest BCUT2D eigenvalue weighted by molar-refractivity contribution is -0.142. The smallest absolute Gasteiger partial charge is 0.261 e. The van der Waals surface area contributed by atoms with Gasteiger partial charge in [0, 0.05) is 19.5 Å². The Hall–Kier alpha value is -3.80. The number of hydrogen-bond donors (Lipinski definition) is 1. The van der Waals surface area contributed by atoms with Crippen LogP contribution in [0.5, 0.6) is 11.5 Å². The van der Waals surface area contributed by atoms with Gasteiger partial charge in [0.05, 0.1) is 7.11 Å². The second-order valence-electron chi connectivity index (χ2n) is 8.32. The number of benzene rings is 3. The second kappa shape index (κ2) is 13.8. The molecule has 0 heterocycles. The van der Waals surface area contributed by atoms with Crippen molar-refractivity contribution in [3.8, 4) is 11.5 Å². The predicted octanol–water partition coefficient (Wildman–Crippen LogP) is 4.63. The number of ether oxygens (including phenoxy) is 2. The van der Waals surface area contributed by atoms with Gasteiger partial charge < -0.3 is 19.7 Å². The molecule has 35 heavy (non-hydrogen) atoms. The van der Waals surface area contributed by atoms with Gasteiger partial charge >= 0.3 is 0 Å². The highest BCUT2D eigenvalue weighted by Crippen LogP contribution is 2.18. The van der Waals surface area contributed by atoms with E-state index in [0.717, 1.165) is 29.7 Å². The summed E-state index contributed by atoms with van der Waals surface area (Å²) in [5.41, 5.74) is 1.89. The number of rotatable bonds is 13. The number of nitrogens with zero attached hydrogens (tertiary/aromatic N) is 1. The lowest BCUT2D eigenvalue weighted by atomic mass is 10.0. The highest BCUT2D eigenvalue weighted by atomic mass is 16.5. The minimum absolute atomic E-state index is 0.159. The van der Waals surface area contributed by atoms with Crippen LogP contribution >= 0.6 is 0 Å². The Balaban J connectivity index is 1.87. The largest absolute Gasteiger partial charge is 0.497 e. The van der Waals surface area contributed by atoms with Crippen molar-refractivity contribution in [3.63, 3.8) is 0 Å². The SMILES string of the molecule is CCCCNC(=O)C(Cc1ccccc1)N(Cc1ccc(OC)cc1)C(=O)COc1ccccc1. The molecule has 3 rings (SSSR count). The molecular weight excluding hydrogens is 440 g/mol. The molecule has 1 unspecified atom stereocenters. The molecule has 0 radical (unpaired) electrons. The predicted molar refractivity (Wildman–Crippen MR) is 137 cm³/mol. The van der Waals surface area contributed by atoms with Crippen molar-refractivity contribution in [2.45, 2.75) is 38.8 Å². The summed E-state index contributed by atoms with van der Waals surface area (Å²) in [4.78, 5) is 28.5. The maximum absolute atomic E-state index is 13.5. The number of unbranched alkanes of at least 4 members (excludes halogenated alkanes) is 1. The molecule has 2 amide bonds. The van der Waals surface area contributed by atoms with Crippen molar-refractivity contribution in [3.05, 3.63) is 96.1 Å². The number of hydrogen-bond acceptors (Lipinski definition) is 4. The van der Waals surface area contributed by atoms with Gasteiger partial charge in [-0.1, -0.05) is 74.0 Å². The van der Waals surface area contributed by atoms with E-state index in [0.29, 0.717) is 18.7 Å². The maximum atomic E-state index is 13.5. The van der Waals surface area contributed by atoms with Gasteiger partial charge in [-0.05, 0) is 41.8 Å². The molecule has 0 saturated heterocycles. The molecule has 6 heteroatoms. The average molecular weight is 475 g/mol. The van der Waals surface area contributed by atoms with Gasteiger partial charge in [-0.3, -0.25) is 9.59 Å². The molecular formula is C29H34N2O4. The minimum Gasteiger partial charge on any atom is -0.497 e. The Labute approximate surface area is 207 Å². The summed E-state index contributed by atoms with van der Waals surface area (Å²) in [6.45, 7) is 2.77. The molecule has 0 fully saturated rings. The molecule has 0 aromatic heterocycles. The number of carbonyl (C=O) groups is 2. The van der Waals surface area contributed by atoms with Crippen LogP contribution in [0.25, 0.3) is 0 Å². The van der Waals surface area contributed by atoms with Gasteiger partial charge in [0.15, 0.2) is 6.61 Å². The van der Waals surface area contributed by atoms with Crippen LogP contribution in [0.4, 0.5) is 0 Å². The molecule has 3 aromatic carbocycles. The summed E-state index contributed by atoms with van der Waals surface area (Å²) in [6, 6.07) is 25.8. The first kappa shape index (κ1) is 25.8. The van der Waals surface area contributed by atoms with Crippen molar-refractivity contribution < 1.29 is 19.1 Å². The van der Waals surface area contributed by atoms with Crippen LogP contribution in [0, 0.1) is 0 Å². The van der Waals surface area contributed by atoms with E-state index in [1.165, 1.54) is 0 Å². The van der Waals surface area contributed by atoms with Gasteiger partial charge in [-0.25, -0.2) is 0 Å². The Morgan fingerprint density at radius 3 is 2.14 bits per heavy atom. The Kier molecular flexibility index (Phi) is 10.2. The van der Waals surface area contributed by atoms with Crippen LogP contribution in [0.1, 0.15) is 30.9 Å². The topological polar surface area (TPSA) is 67.9 Å². The van der Waals surface area contributed by atoms with E-state index in [1.807, 2.05) is 72.8 Å². The fourth-order valence-corrected chi connectivity index (χ4v) is 3.73. The van der Waals surface area contributed by atoms with Crippen LogP contribution in [0.15, 0.2) is 84.9 Å². The summed E-state index contributed by atoms with van der Waals surface area (Å²) in [5, 5.41) is 3.02. The first-order chi connectivity index (χ1) is 17.1. The summed E-state index contributed by atoms with van der Waals surface area (Å²) in [7, 11) is 1.61. The third-order valence-corrected chi connectivity index (χ3v) is 5.72. The zero-order valence-electron chi connectivity index (χ0n) is 20.5. The average Bonchev–Trinajstić information content (AvgIpc) is 2.91. The normalized spacial score (nSPS) is 11.4. The van der Waals surface area contributed by atoms with Gasteiger partial charge in [-0.2, -0.15) is 0 Å². The molecule has 6 nitrogen and oxygen atoms in total. The van der Waals surface area contributed by atoms with E-state index < -0.39 is 6.04 Å². The van der Waals surface area contributed by atoms with Crippen LogP contribution < -0.4 is 14.8 Å². The third-order valence-electron chi connectivity index (χ3n) is 5.72. The zero-order chi connectivity index (χ0) is 24.9. The molecule has 3 aromatic rings. The van der Waals surface area contributed by atoms with E-state index in [-0.39, 0.29) is 25.0 Å². The molecule has 0 spiro atoms. The molecule has 184 valence electrons. The van der Waals surface area contributed by atoms with Crippen molar-refractivity contribution in [2.24, 2.45) is 0 Å². The number of nitrogens with one attached hydrogen (secondary N) is 1. The molecule has 1 atom stereocenters. The van der Waals surface area contributed by atoms with Gasteiger partial charge in [0.1, 0.15) is 17.5 Å². The monoisotopic (exact) mass is 474 g/mol. The van der Waals surface area contributed by atoms with Crippen LogP contribution in [0.3, 0.4) is 0 Å². The van der Waals surface area contributed by atoms with Crippen molar-refractivity contribution in [2.75, 3.05) is 20.3 Å². The fraction of sp³-hybridized carbons (Fsp3) is 0.310. The van der Waals surface area contributed by atoms with E-state index in [4.69, 9.17) is 9.47 Å². The van der Waals surface area contributed by atoms with E-state index in [1.54, 1.807) is 24.1 Å². The highest BCUT2D eigenvalue weighted by Gasteiger charge is 2.30. The van der Waals surface area contributed by atoms with E-state index in [2.05, 4.69) is 12.2 Å². The number of amides is 2. The summed E-state index contributed by atoms with van der Waals surface area (Å²) in [5.74, 6) is 0.926. The Bertz CT molecular complexity index is 1040. The van der Waals surface area contributed by atoms with E-state index in [9.17, 15) is 9.59 Å². The number of methoxy groups -OCH3 is 1. The molecule has 0 aliphatic rings. The minimum atomic E-state index is -0.678. The molecule has 0 aliphatic carbocycles. The lowest BCUT2D eigenvalue weighted by Crippen LogP contribution is -2.51. The summed E-state index contributed by atoms with van der Waals surface area (Å²) in [6.07, 6.45) is 2.27. The Morgan fingerprint density at radius 1 is 0.857 bits per heavy atom. The van der Waals surface area contributed by atoms with Gasteiger partial charge in [0.2, 0.25) is 5.91 Å². The first-order valence-electron chi connectivity index (χ1n) is 12.0. The third kappa shape index (κ3) is 8.18. The van der Waals surface area contributed by atoms with Gasteiger partial charge in [-0.15, -0.1) is 0 Å². The maximum Gasteiger partial charge on any atom is 0.261 e. The number of para-hydroxylation sites is 1. The van der Waals surface area contributed by atoms with Crippen molar-refractivity contribution in [1.29, 1.82) is 0 Å². The van der Waals surface area contributed by atoms with Gasteiger partial charge in [0.25, 0.3) is 5.91 Å². The standard InChI is InChI=1S/C29H34N2O4/c1-3-4-19-30-29(33)27(20-23-11-7-5-8-12-23)31(21-24-15-17-25(34-2)18-16-24)28(32)22-35-26-13-9-6-10-14-26/h5-18,27H,3-4,19-22H2,1-2H3,(H,30,33). The van der Waals surface area contributed by atoms with Crippen molar-refractivity contribution in [1.82, 2.24) is 10.2 Å².